The van der Waals surface area contributed by atoms with Crippen LogP contribution in [0.25, 0.3) is 0 Å². The first-order chi connectivity index (χ1) is 11.2. The van der Waals surface area contributed by atoms with Crippen LogP contribution in [0, 0.1) is 0 Å². The summed E-state index contributed by atoms with van der Waals surface area (Å²) >= 11 is 0. The fourth-order valence-electron chi connectivity index (χ4n) is 1.56. The lowest BCUT2D eigenvalue weighted by Gasteiger charge is -2.05. The molecule has 0 aromatic heterocycles. The maximum Gasteiger partial charge on any atom is 0.543 e. The van der Waals surface area contributed by atoms with E-state index in [1.165, 1.54) is 0 Å². The van der Waals surface area contributed by atoms with Gasteiger partial charge < -0.3 is 9.47 Å². The fourth-order valence-corrected chi connectivity index (χ4v) is 1.56. The molecule has 128 valence electrons. The van der Waals surface area contributed by atoms with E-state index in [4.69, 9.17) is 4.74 Å². The van der Waals surface area contributed by atoms with Gasteiger partial charge in [0, 0.05) is 6.61 Å². The van der Waals surface area contributed by atoms with Crippen molar-refractivity contribution >= 4 is 12.1 Å². The van der Waals surface area contributed by atoms with Crippen LogP contribution in [-0.2, 0) is 30.7 Å². The maximum atomic E-state index is 11.6. The summed E-state index contributed by atoms with van der Waals surface area (Å²) < 4.78 is 9.82. The van der Waals surface area contributed by atoms with Gasteiger partial charge in [0.2, 0.25) is 0 Å². The third-order valence-corrected chi connectivity index (χ3v) is 2.90. The molecule has 0 unspecified atom stereocenters. The summed E-state index contributed by atoms with van der Waals surface area (Å²) in [7, 11) is 0. The molecule has 1 rings (SSSR count). The van der Waals surface area contributed by atoms with E-state index in [0.717, 1.165) is 24.8 Å². The fraction of sp³-hybridized carbons (Fsp3) is 0.500. The third kappa shape index (κ3) is 8.18. The molecule has 7 heteroatoms. The summed E-state index contributed by atoms with van der Waals surface area (Å²) in [6.07, 6.45) is 1.73. The molecule has 1 aromatic rings. The zero-order valence-electron chi connectivity index (χ0n) is 13.4. The van der Waals surface area contributed by atoms with Crippen molar-refractivity contribution in [3.63, 3.8) is 0 Å². The van der Waals surface area contributed by atoms with Gasteiger partial charge in [0.05, 0.1) is 17.2 Å². The molecule has 1 aromatic carbocycles. The molecular formula is C16H22O7. The summed E-state index contributed by atoms with van der Waals surface area (Å²) in [6, 6.07) is 6.78. The number of hydrogen-bond acceptors (Lipinski definition) is 7. The smallest absolute Gasteiger partial charge is 0.430 e. The van der Waals surface area contributed by atoms with Crippen molar-refractivity contribution in [2.24, 2.45) is 0 Å². The number of rotatable bonds is 10. The number of hydrogen-bond donors (Lipinski definition) is 0. The van der Waals surface area contributed by atoms with E-state index in [2.05, 4.69) is 19.6 Å². The maximum absolute atomic E-state index is 11.6. The minimum absolute atomic E-state index is 0.0261. The van der Waals surface area contributed by atoms with Crippen molar-refractivity contribution in [2.75, 3.05) is 19.8 Å². The van der Waals surface area contributed by atoms with Crippen LogP contribution in [-0.4, -0.2) is 31.9 Å². The predicted octanol–water partition coefficient (Wildman–Crippen LogP) is 3.22. The van der Waals surface area contributed by atoms with Gasteiger partial charge in [0.1, 0.15) is 6.61 Å². The summed E-state index contributed by atoms with van der Waals surface area (Å²) in [5, 5.41) is 4.10. The normalized spacial score (nSPS) is 10.2. The van der Waals surface area contributed by atoms with E-state index in [-0.39, 0.29) is 18.8 Å². The van der Waals surface area contributed by atoms with Crippen LogP contribution < -0.4 is 0 Å². The monoisotopic (exact) mass is 326 g/mol. The second-order valence-electron chi connectivity index (χ2n) is 4.64. The zero-order valence-corrected chi connectivity index (χ0v) is 13.4. The van der Waals surface area contributed by atoms with Gasteiger partial charge in [-0.05, 0) is 30.5 Å². The molecule has 0 aliphatic heterocycles. The Morgan fingerprint density at radius 3 is 2.35 bits per heavy atom. The summed E-state index contributed by atoms with van der Waals surface area (Å²) in [5.74, 6) is -0.775. The van der Waals surface area contributed by atoms with Crippen LogP contribution in [0.15, 0.2) is 24.3 Å². The van der Waals surface area contributed by atoms with E-state index in [1.54, 1.807) is 24.3 Å². The second kappa shape index (κ2) is 11.4. The summed E-state index contributed by atoms with van der Waals surface area (Å²) in [6.45, 7) is 4.95. The highest BCUT2D eigenvalue weighted by Crippen LogP contribution is 2.07. The van der Waals surface area contributed by atoms with Gasteiger partial charge in [-0.15, -0.1) is 0 Å². The Bertz CT molecular complexity index is 470. The molecule has 0 spiro atoms. The molecule has 23 heavy (non-hydrogen) atoms. The van der Waals surface area contributed by atoms with Crippen LogP contribution in [0.1, 0.15) is 42.6 Å². The number of aryl methyl sites for hydroxylation is 1. The van der Waals surface area contributed by atoms with Gasteiger partial charge >= 0.3 is 12.1 Å². The number of carbonyl (C=O) groups excluding carboxylic acids is 2. The SMILES string of the molecule is CCCCOCCOC(=O)OOOC(=O)c1ccc(CC)cc1. The second-order valence-corrected chi connectivity index (χ2v) is 4.64. The van der Waals surface area contributed by atoms with Crippen molar-refractivity contribution in [2.45, 2.75) is 33.1 Å². The van der Waals surface area contributed by atoms with Gasteiger partial charge in [0.15, 0.2) is 0 Å². The van der Waals surface area contributed by atoms with Crippen LogP contribution in [0.2, 0.25) is 0 Å². The van der Waals surface area contributed by atoms with Crippen LogP contribution in [0.3, 0.4) is 0 Å². The third-order valence-electron chi connectivity index (χ3n) is 2.90. The summed E-state index contributed by atoms with van der Waals surface area (Å²) in [5.41, 5.74) is 1.37. The quantitative estimate of drug-likeness (QED) is 0.282. The number of carbonyl (C=O) groups is 2. The van der Waals surface area contributed by atoms with Crippen molar-refractivity contribution < 1.29 is 33.9 Å². The predicted molar refractivity (Wildman–Crippen MR) is 80.5 cm³/mol. The number of unbranched alkanes of at least 4 members (excludes halogenated alkanes) is 1. The van der Waals surface area contributed by atoms with Crippen LogP contribution >= 0.6 is 0 Å². The molecule has 0 radical (unpaired) electrons. The molecule has 0 N–H and O–H groups in total. The largest absolute Gasteiger partial charge is 0.543 e. The van der Waals surface area contributed by atoms with Gasteiger partial charge in [-0.2, -0.15) is 0 Å². The Morgan fingerprint density at radius 1 is 0.957 bits per heavy atom. The van der Waals surface area contributed by atoms with Gasteiger partial charge in [0.25, 0.3) is 0 Å². The lowest BCUT2D eigenvalue weighted by atomic mass is 10.1. The number of ether oxygens (including phenoxy) is 2. The van der Waals surface area contributed by atoms with Crippen LogP contribution in [0.5, 0.6) is 0 Å². The Morgan fingerprint density at radius 2 is 1.70 bits per heavy atom. The lowest BCUT2D eigenvalue weighted by Crippen LogP contribution is -2.14. The first kappa shape index (κ1) is 18.9. The zero-order chi connectivity index (χ0) is 16.9. The molecule has 0 bridgehead atoms. The first-order valence-electron chi connectivity index (χ1n) is 7.56. The Kier molecular flexibility index (Phi) is 9.42. The summed E-state index contributed by atoms with van der Waals surface area (Å²) in [4.78, 5) is 31.2. The molecule has 7 nitrogen and oxygen atoms in total. The minimum atomic E-state index is -1.11. The Hall–Kier alpha value is -2.12. The van der Waals surface area contributed by atoms with E-state index >= 15 is 0 Å². The van der Waals surface area contributed by atoms with E-state index < -0.39 is 12.1 Å². The topological polar surface area (TPSA) is 80.3 Å². The lowest BCUT2D eigenvalue weighted by molar-refractivity contribution is -0.452. The Labute approximate surface area is 135 Å². The average molecular weight is 326 g/mol. The van der Waals surface area contributed by atoms with E-state index in [0.29, 0.717) is 6.61 Å². The molecule has 0 saturated carbocycles. The van der Waals surface area contributed by atoms with Crippen LogP contribution in [0.4, 0.5) is 4.79 Å². The number of benzene rings is 1. The average Bonchev–Trinajstić information content (AvgIpc) is 2.58. The molecule has 0 fully saturated rings. The minimum Gasteiger partial charge on any atom is -0.430 e. The highest BCUT2D eigenvalue weighted by atomic mass is 17.5. The molecule has 0 heterocycles. The molecule has 0 saturated heterocycles. The van der Waals surface area contributed by atoms with Gasteiger partial charge in [-0.1, -0.05) is 32.4 Å². The van der Waals surface area contributed by atoms with Gasteiger partial charge in [-0.25, -0.2) is 14.5 Å². The highest BCUT2D eigenvalue weighted by Gasteiger charge is 2.11. The van der Waals surface area contributed by atoms with Gasteiger partial charge in [-0.3, -0.25) is 4.89 Å². The highest BCUT2D eigenvalue weighted by molar-refractivity contribution is 5.88. The van der Waals surface area contributed by atoms with Crippen molar-refractivity contribution in [3.8, 4) is 0 Å². The van der Waals surface area contributed by atoms with E-state index in [1.807, 2.05) is 13.8 Å². The molecule has 0 aliphatic rings. The standard InChI is InChI=1S/C16H22O7/c1-3-5-10-19-11-12-20-16(18)22-23-21-15(17)14-8-6-13(4-2)7-9-14/h6-9H,3-5,10-12H2,1-2H3. The van der Waals surface area contributed by atoms with Crippen molar-refractivity contribution in [3.05, 3.63) is 35.4 Å². The van der Waals surface area contributed by atoms with Crippen molar-refractivity contribution in [1.29, 1.82) is 0 Å². The first-order valence-corrected chi connectivity index (χ1v) is 7.56. The molecule has 0 amide bonds. The van der Waals surface area contributed by atoms with E-state index in [9.17, 15) is 9.59 Å². The molecule has 0 atom stereocenters. The van der Waals surface area contributed by atoms with Crippen molar-refractivity contribution in [1.82, 2.24) is 0 Å². The Balaban J connectivity index is 2.12. The molecule has 0 aliphatic carbocycles. The molecular weight excluding hydrogens is 304 g/mol.